The van der Waals surface area contributed by atoms with Crippen LogP contribution in [0.2, 0.25) is 0 Å². The Bertz CT molecular complexity index is 114. The van der Waals surface area contributed by atoms with E-state index < -0.39 is 0 Å². The number of aliphatic hydroxyl groups is 3. The normalized spacial score (nSPS) is 10.3. The van der Waals surface area contributed by atoms with Crippen LogP contribution in [0, 0.1) is 0 Å². The predicted molar refractivity (Wildman–Crippen MR) is 76.7 cm³/mol. The van der Waals surface area contributed by atoms with Crippen molar-refractivity contribution in [2.24, 2.45) is 0 Å². The minimum atomic E-state index is 0.0694. The lowest BCUT2D eigenvalue weighted by Crippen LogP contribution is -2.32. The molecule has 0 spiro atoms. The quantitative estimate of drug-likeness (QED) is 0.496. The van der Waals surface area contributed by atoms with Gasteiger partial charge in [-0.2, -0.15) is 0 Å². The van der Waals surface area contributed by atoms with Crippen LogP contribution < -0.4 is 0 Å². The molecule has 0 aromatic rings. The Morgan fingerprint density at radius 2 is 0.944 bits per heavy atom. The van der Waals surface area contributed by atoms with E-state index in [2.05, 4.69) is 13.8 Å². The Hall–Kier alpha value is -0.160. The standard InChI is InChI=1S/C8H18.C6H15NO3/c1-3-5-7-8-6-4-2;8-4-1-7(2-5-9)3-6-10/h3-8H2,1-2H3;8-10H,1-6H2. The van der Waals surface area contributed by atoms with Gasteiger partial charge in [0.2, 0.25) is 0 Å². The van der Waals surface area contributed by atoms with E-state index in [1.54, 1.807) is 4.90 Å². The molecule has 0 rings (SSSR count). The SMILES string of the molecule is CCCCCCCC.OCCN(CCO)CCO. The first-order valence-electron chi connectivity index (χ1n) is 7.31. The van der Waals surface area contributed by atoms with Gasteiger partial charge in [0.25, 0.3) is 0 Å². The van der Waals surface area contributed by atoms with Crippen molar-refractivity contribution in [3.8, 4) is 0 Å². The van der Waals surface area contributed by atoms with E-state index in [9.17, 15) is 0 Å². The lowest BCUT2D eigenvalue weighted by Gasteiger charge is -2.17. The number of aliphatic hydroxyl groups excluding tert-OH is 3. The van der Waals surface area contributed by atoms with Crippen molar-refractivity contribution in [2.75, 3.05) is 39.5 Å². The van der Waals surface area contributed by atoms with Gasteiger partial charge in [-0.3, -0.25) is 4.90 Å². The first kappa shape index (κ1) is 20.2. The minimum Gasteiger partial charge on any atom is -0.395 e. The second kappa shape index (κ2) is 19.2. The van der Waals surface area contributed by atoms with Gasteiger partial charge in [-0.05, 0) is 0 Å². The Balaban J connectivity index is 0. The van der Waals surface area contributed by atoms with Crippen LogP contribution in [-0.4, -0.2) is 59.7 Å². The molecule has 0 aliphatic heterocycles. The molecule has 3 N–H and O–H groups in total. The molecule has 18 heavy (non-hydrogen) atoms. The van der Waals surface area contributed by atoms with Crippen molar-refractivity contribution in [1.29, 1.82) is 0 Å². The second-order valence-electron chi connectivity index (χ2n) is 4.43. The van der Waals surface area contributed by atoms with Gasteiger partial charge in [0.1, 0.15) is 0 Å². The molecule has 0 fully saturated rings. The molecule has 4 heteroatoms. The molecule has 0 aromatic carbocycles. The van der Waals surface area contributed by atoms with Gasteiger partial charge in [0.15, 0.2) is 0 Å². The molecule has 0 aliphatic rings. The highest BCUT2D eigenvalue weighted by molar-refractivity contribution is 4.54. The highest BCUT2D eigenvalue weighted by Crippen LogP contribution is 2.03. The summed E-state index contributed by atoms with van der Waals surface area (Å²) < 4.78 is 0. The summed E-state index contributed by atoms with van der Waals surface area (Å²) in [5.41, 5.74) is 0. The molecule has 0 heterocycles. The predicted octanol–water partition coefficient (Wildman–Crippen LogP) is 1.63. The summed E-state index contributed by atoms with van der Waals surface area (Å²) in [5.74, 6) is 0. The zero-order valence-corrected chi connectivity index (χ0v) is 12.3. The fourth-order valence-corrected chi connectivity index (χ4v) is 1.61. The van der Waals surface area contributed by atoms with Gasteiger partial charge >= 0.3 is 0 Å². The fourth-order valence-electron chi connectivity index (χ4n) is 1.61. The molecule has 0 saturated heterocycles. The lowest BCUT2D eigenvalue weighted by atomic mass is 10.1. The second-order valence-corrected chi connectivity index (χ2v) is 4.43. The molecule has 0 saturated carbocycles. The third-order valence-electron chi connectivity index (χ3n) is 2.71. The van der Waals surface area contributed by atoms with E-state index in [0.29, 0.717) is 19.6 Å². The van der Waals surface area contributed by atoms with Crippen LogP contribution in [0.5, 0.6) is 0 Å². The molecule has 0 bridgehead atoms. The Morgan fingerprint density at radius 1 is 0.611 bits per heavy atom. The first-order chi connectivity index (χ1) is 8.76. The Morgan fingerprint density at radius 3 is 1.17 bits per heavy atom. The topological polar surface area (TPSA) is 63.9 Å². The van der Waals surface area contributed by atoms with Crippen LogP contribution in [0.4, 0.5) is 0 Å². The average molecular weight is 263 g/mol. The molecule has 0 unspecified atom stereocenters. The number of rotatable bonds is 11. The molecule has 0 aliphatic carbocycles. The molecule has 4 nitrogen and oxygen atoms in total. The van der Waals surface area contributed by atoms with E-state index in [-0.39, 0.29) is 19.8 Å². The van der Waals surface area contributed by atoms with Gasteiger partial charge < -0.3 is 15.3 Å². The summed E-state index contributed by atoms with van der Waals surface area (Å²) in [6.07, 6.45) is 8.49. The van der Waals surface area contributed by atoms with Gasteiger partial charge in [-0.25, -0.2) is 0 Å². The number of nitrogens with zero attached hydrogens (tertiary/aromatic N) is 1. The molecular weight excluding hydrogens is 230 g/mol. The van der Waals surface area contributed by atoms with E-state index >= 15 is 0 Å². The zero-order chi connectivity index (χ0) is 14.1. The van der Waals surface area contributed by atoms with Gasteiger partial charge in [-0.15, -0.1) is 0 Å². The minimum absolute atomic E-state index is 0.0694. The summed E-state index contributed by atoms with van der Waals surface area (Å²) in [4.78, 5) is 1.79. The first-order valence-corrected chi connectivity index (χ1v) is 7.31. The zero-order valence-electron chi connectivity index (χ0n) is 12.3. The molecule has 0 aromatic heterocycles. The Kier molecular flexibility index (Phi) is 21.5. The van der Waals surface area contributed by atoms with E-state index in [1.165, 1.54) is 38.5 Å². The maximum absolute atomic E-state index is 8.48. The van der Waals surface area contributed by atoms with Crippen molar-refractivity contribution in [1.82, 2.24) is 4.90 Å². The molecule has 112 valence electrons. The van der Waals surface area contributed by atoms with Crippen molar-refractivity contribution in [3.63, 3.8) is 0 Å². The number of hydrogen-bond donors (Lipinski definition) is 3. The molecular formula is C14H33NO3. The number of hydrogen-bond acceptors (Lipinski definition) is 4. The summed E-state index contributed by atoms with van der Waals surface area (Å²) in [5, 5.41) is 25.5. The molecule has 0 atom stereocenters. The maximum Gasteiger partial charge on any atom is 0.0558 e. The summed E-state index contributed by atoms with van der Waals surface area (Å²) >= 11 is 0. The summed E-state index contributed by atoms with van der Waals surface area (Å²) in [6.45, 7) is 6.27. The van der Waals surface area contributed by atoms with Gasteiger partial charge in [-0.1, -0.05) is 52.4 Å². The van der Waals surface area contributed by atoms with Crippen LogP contribution in [0.25, 0.3) is 0 Å². The van der Waals surface area contributed by atoms with Crippen molar-refractivity contribution in [3.05, 3.63) is 0 Å². The Labute approximate surface area is 113 Å². The average Bonchev–Trinajstić information content (AvgIpc) is 2.37. The highest BCUT2D eigenvalue weighted by Gasteiger charge is 2.00. The van der Waals surface area contributed by atoms with Crippen LogP contribution in [0.1, 0.15) is 52.4 Å². The van der Waals surface area contributed by atoms with E-state index in [4.69, 9.17) is 15.3 Å². The van der Waals surface area contributed by atoms with E-state index in [0.717, 1.165) is 0 Å². The third-order valence-corrected chi connectivity index (χ3v) is 2.71. The van der Waals surface area contributed by atoms with Crippen molar-refractivity contribution >= 4 is 0 Å². The third kappa shape index (κ3) is 18.2. The highest BCUT2D eigenvalue weighted by atomic mass is 16.3. The van der Waals surface area contributed by atoms with Crippen molar-refractivity contribution in [2.45, 2.75) is 52.4 Å². The maximum atomic E-state index is 8.48. The fraction of sp³-hybridized carbons (Fsp3) is 1.00. The van der Waals surface area contributed by atoms with Gasteiger partial charge in [0, 0.05) is 19.6 Å². The van der Waals surface area contributed by atoms with E-state index in [1.807, 2.05) is 0 Å². The number of unbranched alkanes of at least 4 members (excludes halogenated alkanes) is 5. The monoisotopic (exact) mass is 263 g/mol. The van der Waals surface area contributed by atoms with Gasteiger partial charge in [0.05, 0.1) is 19.8 Å². The molecule has 0 amide bonds. The molecule has 0 radical (unpaired) electrons. The van der Waals surface area contributed by atoms with Crippen LogP contribution in [0.15, 0.2) is 0 Å². The largest absolute Gasteiger partial charge is 0.395 e. The van der Waals surface area contributed by atoms with Crippen LogP contribution >= 0.6 is 0 Å². The smallest absolute Gasteiger partial charge is 0.0558 e. The van der Waals surface area contributed by atoms with Crippen molar-refractivity contribution < 1.29 is 15.3 Å². The van der Waals surface area contributed by atoms with Crippen LogP contribution in [0.3, 0.4) is 0 Å². The van der Waals surface area contributed by atoms with Crippen LogP contribution in [-0.2, 0) is 0 Å². The lowest BCUT2D eigenvalue weighted by molar-refractivity contribution is 0.136. The summed E-state index contributed by atoms with van der Waals surface area (Å²) in [6, 6.07) is 0. The summed E-state index contributed by atoms with van der Waals surface area (Å²) in [7, 11) is 0.